The van der Waals surface area contributed by atoms with Gasteiger partial charge in [0.1, 0.15) is 5.65 Å². The Balaban J connectivity index is 2.31. The predicted molar refractivity (Wildman–Crippen MR) is 59.3 cm³/mol. The van der Waals surface area contributed by atoms with Gasteiger partial charge in [0, 0.05) is 30.2 Å². The molecule has 0 fully saturated rings. The quantitative estimate of drug-likeness (QED) is 0.648. The van der Waals surface area contributed by atoms with Crippen LogP contribution in [0.2, 0.25) is 0 Å². The average Bonchev–Trinajstić information content (AvgIpc) is 2.78. The van der Waals surface area contributed by atoms with E-state index in [1.165, 1.54) is 5.56 Å². The van der Waals surface area contributed by atoms with Gasteiger partial charge in [0.2, 0.25) is 0 Å². The smallest absolute Gasteiger partial charge is 0.137 e. The molecular formula is C12H9N3. The molecule has 0 aliphatic rings. The van der Waals surface area contributed by atoms with Crippen molar-refractivity contribution in [1.82, 2.24) is 15.0 Å². The molecule has 1 N–H and O–H groups in total. The summed E-state index contributed by atoms with van der Waals surface area (Å²) >= 11 is 0. The molecule has 0 amide bonds. The van der Waals surface area contributed by atoms with E-state index in [2.05, 4.69) is 15.0 Å². The van der Waals surface area contributed by atoms with E-state index < -0.39 is 0 Å². The van der Waals surface area contributed by atoms with Crippen LogP contribution in [0.3, 0.4) is 0 Å². The number of hydrogen-bond donors (Lipinski definition) is 1. The Morgan fingerprint density at radius 2 is 1.80 bits per heavy atom. The fraction of sp³-hybridized carbons (Fsp3) is 0. The molecule has 0 unspecified atom stereocenters. The van der Waals surface area contributed by atoms with E-state index >= 15 is 0 Å². The highest BCUT2D eigenvalue weighted by Crippen LogP contribution is 2.25. The summed E-state index contributed by atoms with van der Waals surface area (Å²) in [6, 6.07) is 8.06. The van der Waals surface area contributed by atoms with E-state index in [-0.39, 0.29) is 0 Å². The number of H-pyrrole nitrogens is 1. The summed E-state index contributed by atoms with van der Waals surface area (Å²) in [5, 5.41) is 1.14. The summed E-state index contributed by atoms with van der Waals surface area (Å²) in [5.41, 5.74) is 3.27. The molecule has 0 aliphatic carbocycles. The Kier molecular flexibility index (Phi) is 1.75. The summed E-state index contributed by atoms with van der Waals surface area (Å²) in [4.78, 5) is 11.4. The molecular weight excluding hydrogens is 186 g/mol. The van der Waals surface area contributed by atoms with Crippen molar-refractivity contribution in [2.24, 2.45) is 0 Å². The van der Waals surface area contributed by atoms with Gasteiger partial charge in [-0.05, 0) is 35.4 Å². The Hall–Kier alpha value is -2.16. The summed E-state index contributed by atoms with van der Waals surface area (Å²) in [6.45, 7) is 0. The molecule has 3 heteroatoms. The number of aromatic amines is 1. The number of aromatic nitrogens is 3. The van der Waals surface area contributed by atoms with Gasteiger partial charge in [-0.15, -0.1) is 0 Å². The van der Waals surface area contributed by atoms with E-state index in [1.54, 1.807) is 12.4 Å². The fourth-order valence-electron chi connectivity index (χ4n) is 1.74. The van der Waals surface area contributed by atoms with Crippen LogP contribution in [-0.2, 0) is 0 Å². The van der Waals surface area contributed by atoms with Crippen LogP contribution in [0.4, 0.5) is 0 Å². The normalized spacial score (nSPS) is 10.7. The molecule has 3 heterocycles. The number of hydrogen-bond acceptors (Lipinski definition) is 2. The fourth-order valence-corrected chi connectivity index (χ4v) is 1.74. The Bertz CT molecular complexity index is 584. The third-order valence-corrected chi connectivity index (χ3v) is 2.45. The van der Waals surface area contributed by atoms with Gasteiger partial charge >= 0.3 is 0 Å². The van der Waals surface area contributed by atoms with E-state index in [0.29, 0.717) is 0 Å². The van der Waals surface area contributed by atoms with Crippen LogP contribution in [0, 0.1) is 0 Å². The van der Waals surface area contributed by atoms with Gasteiger partial charge in [0.25, 0.3) is 0 Å². The molecule has 3 aromatic rings. The van der Waals surface area contributed by atoms with Crippen LogP contribution >= 0.6 is 0 Å². The summed E-state index contributed by atoms with van der Waals surface area (Å²) in [7, 11) is 0. The first-order chi connectivity index (χ1) is 7.45. The van der Waals surface area contributed by atoms with Gasteiger partial charge in [-0.2, -0.15) is 0 Å². The second kappa shape index (κ2) is 3.20. The zero-order chi connectivity index (χ0) is 10.1. The molecule has 15 heavy (non-hydrogen) atoms. The van der Waals surface area contributed by atoms with Crippen LogP contribution in [0.1, 0.15) is 0 Å². The van der Waals surface area contributed by atoms with Crippen molar-refractivity contribution in [2.75, 3.05) is 0 Å². The third kappa shape index (κ3) is 1.29. The summed E-state index contributed by atoms with van der Waals surface area (Å²) < 4.78 is 0. The zero-order valence-corrected chi connectivity index (χ0v) is 8.01. The largest absolute Gasteiger partial charge is 0.346 e. The Morgan fingerprint density at radius 3 is 2.67 bits per heavy atom. The topological polar surface area (TPSA) is 41.6 Å². The monoisotopic (exact) mass is 195 g/mol. The number of fused-ring (bicyclic) bond motifs is 1. The average molecular weight is 195 g/mol. The minimum atomic E-state index is 0.921. The number of rotatable bonds is 1. The molecule has 0 bridgehead atoms. The van der Waals surface area contributed by atoms with Gasteiger partial charge in [-0.25, -0.2) is 4.98 Å². The van der Waals surface area contributed by atoms with E-state index in [9.17, 15) is 0 Å². The van der Waals surface area contributed by atoms with E-state index in [4.69, 9.17) is 0 Å². The van der Waals surface area contributed by atoms with Crippen molar-refractivity contribution in [3.05, 3.63) is 49.1 Å². The van der Waals surface area contributed by atoms with Gasteiger partial charge in [0.05, 0.1) is 0 Å². The Labute approximate surface area is 86.8 Å². The molecule has 0 spiro atoms. The van der Waals surface area contributed by atoms with Crippen molar-refractivity contribution in [3.8, 4) is 11.1 Å². The highest BCUT2D eigenvalue weighted by atomic mass is 14.8. The highest BCUT2D eigenvalue weighted by Gasteiger charge is 2.03. The van der Waals surface area contributed by atoms with Crippen LogP contribution in [-0.4, -0.2) is 15.0 Å². The van der Waals surface area contributed by atoms with Crippen LogP contribution in [0.15, 0.2) is 49.1 Å². The highest BCUT2D eigenvalue weighted by molar-refractivity contribution is 5.92. The molecule has 0 atom stereocenters. The van der Waals surface area contributed by atoms with Crippen molar-refractivity contribution in [1.29, 1.82) is 0 Å². The van der Waals surface area contributed by atoms with E-state index in [0.717, 1.165) is 16.6 Å². The predicted octanol–water partition coefficient (Wildman–Crippen LogP) is 2.62. The first kappa shape index (κ1) is 8.17. The third-order valence-electron chi connectivity index (χ3n) is 2.45. The van der Waals surface area contributed by atoms with E-state index in [1.807, 2.05) is 36.7 Å². The van der Waals surface area contributed by atoms with Gasteiger partial charge in [-0.1, -0.05) is 0 Å². The Morgan fingerprint density at radius 1 is 0.933 bits per heavy atom. The lowest BCUT2D eigenvalue weighted by atomic mass is 10.1. The minimum absolute atomic E-state index is 0.921. The van der Waals surface area contributed by atoms with Crippen LogP contribution in [0.25, 0.3) is 22.2 Å². The molecule has 3 aromatic heterocycles. The molecule has 0 saturated carbocycles. The number of pyridine rings is 2. The minimum Gasteiger partial charge on any atom is -0.346 e. The van der Waals surface area contributed by atoms with Crippen molar-refractivity contribution >= 4 is 11.0 Å². The summed E-state index contributed by atoms with van der Waals surface area (Å²) in [5.74, 6) is 0. The van der Waals surface area contributed by atoms with Crippen molar-refractivity contribution < 1.29 is 0 Å². The lowest BCUT2D eigenvalue weighted by molar-refractivity contribution is 1.31. The standard InChI is InChI=1S/C12H9N3/c1-5-13-6-2-9(1)10-3-7-14-12-11(10)4-8-15-12/h1-8H,(H,14,15). The first-order valence-electron chi connectivity index (χ1n) is 4.77. The maximum atomic E-state index is 4.26. The molecule has 3 rings (SSSR count). The van der Waals surface area contributed by atoms with Crippen molar-refractivity contribution in [2.45, 2.75) is 0 Å². The SMILES string of the molecule is c1cc(-c2ccnc3[nH]ccc23)ccn1. The number of nitrogens with one attached hydrogen (secondary N) is 1. The molecule has 0 aromatic carbocycles. The maximum Gasteiger partial charge on any atom is 0.137 e. The zero-order valence-electron chi connectivity index (χ0n) is 8.01. The van der Waals surface area contributed by atoms with Crippen LogP contribution < -0.4 is 0 Å². The summed E-state index contributed by atoms with van der Waals surface area (Å²) in [6.07, 6.45) is 7.32. The van der Waals surface area contributed by atoms with Gasteiger partial charge in [-0.3, -0.25) is 4.98 Å². The van der Waals surface area contributed by atoms with Crippen LogP contribution in [0.5, 0.6) is 0 Å². The first-order valence-corrected chi connectivity index (χ1v) is 4.77. The lowest BCUT2D eigenvalue weighted by Gasteiger charge is -2.01. The van der Waals surface area contributed by atoms with Crippen molar-refractivity contribution in [3.63, 3.8) is 0 Å². The number of nitrogens with zero attached hydrogens (tertiary/aromatic N) is 2. The second-order valence-corrected chi connectivity index (χ2v) is 3.33. The molecule has 72 valence electrons. The van der Waals surface area contributed by atoms with Gasteiger partial charge in [0.15, 0.2) is 0 Å². The molecule has 0 aliphatic heterocycles. The second-order valence-electron chi connectivity index (χ2n) is 3.33. The lowest BCUT2D eigenvalue weighted by Crippen LogP contribution is -1.82. The maximum absolute atomic E-state index is 4.26. The molecule has 0 saturated heterocycles. The molecule has 3 nitrogen and oxygen atoms in total. The molecule has 0 radical (unpaired) electrons. The van der Waals surface area contributed by atoms with Gasteiger partial charge < -0.3 is 4.98 Å².